The minimum absolute atomic E-state index is 0.0419. The van der Waals surface area contributed by atoms with E-state index in [1.807, 2.05) is 0 Å². The first-order valence-electron chi connectivity index (χ1n) is 8.03. The Morgan fingerprint density at radius 2 is 2.04 bits per heavy atom. The van der Waals surface area contributed by atoms with E-state index in [1.54, 1.807) is 25.1 Å². The van der Waals surface area contributed by atoms with Crippen molar-refractivity contribution in [2.45, 2.75) is 13.5 Å². The molecule has 0 bridgehead atoms. The molecule has 0 atom stereocenters. The van der Waals surface area contributed by atoms with Crippen LogP contribution in [0.4, 0.5) is 5.69 Å². The first-order valence-corrected chi connectivity index (χ1v) is 8.03. The number of methoxy groups -OCH3 is 1. The predicted octanol–water partition coefficient (Wildman–Crippen LogP) is 3.06. The van der Waals surface area contributed by atoms with Gasteiger partial charge in [0, 0.05) is 11.8 Å². The number of furan rings is 1. The van der Waals surface area contributed by atoms with Crippen molar-refractivity contribution >= 4 is 23.6 Å². The molecule has 8 nitrogen and oxygen atoms in total. The lowest BCUT2D eigenvalue weighted by atomic mass is 10.0. The summed E-state index contributed by atoms with van der Waals surface area (Å²) in [5.74, 6) is -0.603. The summed E-state index contributed by atoms with van der Waals surface area (Å²) in [5.41, 5.74) is 0.574. The number of hydrogen-bond donors (Lipinski definition) is 0. The lowest BCUT2D eigenvalue weighted by Crippen LogP contribution is -2.24. The second-order valence-corrected chi connectivity index (χ2v) is 5.80. The molecule has 3 rings (SSSR count). The van der Waals surface area contributed by atoms with E-state index in [-0.39, 0.29) is 28.9 Å². The number of hydrogen-bond acceptors (Lipinski definition) is 6. The zero-order valence-electron chi connectivity index (χ0n) is 14.7. The van der Waals surface area contributed by atoms with Gasteiger partial charge < -0.3 is 14.1 Å². The van der Waals surface area contributed by atoms with Gasteiger partial charge in [-0.1, -0.05) is 12.1 Å². The third-order valence-electron chi connectivity index (χ3n) is 4.23. The Balaban J connectivity index is 2.10. The molecule has 2 heterocycles. The number of para-hydroxylation sites is 1. The molecular weight excluding hydrogens is 352 g/mol. The van der Waals surface area contributed by atoms with Crippen LogP contribution in [-0.2, 0) is 20.9 Å². The van der Waals surface area contributed by atoms with Crippen LogP contribution in [0.15, 0.2) is 63.9 Å². The number of nitro benzene ring substituents is 1. The number of nitro groups is 1. The quantitative estimate of drug-likeness (QED) is 0.348. The number of allylic oxidation sites excluding steroid dienone is 1. The first-order chi connectivity index (χ1) is 12.9. The van der Waals surface area contributed by atoms with E-state index >= 15 is 0 Å². The van der Waals surface area contributed by atoms with Crippen molar-refractivity contribution in [3.05, 3.63) is 80.9 Å². The fourth-order valence-corrected chi connectivity index (χ4v) is 2.91. The van der Waals surface area contributed by atoms with Gasteiger partial charge in [0.2, 0.25) is 0 Å². The van der Waals surface area contributed by atoms with Gasteiger partial charge in [0.05, 0.1) is 41.6 Å². The molecular formula is C19H16N2O6. The number of benzene rings is 1. The van der Waals surface area contributed by atoms with E-state index < -0.39 is 16.8 Å². The largest absolute Gasteiger partial charge is 0.467 e. The van der Waals surface area contributed by atoms with Crippen LogP contribution in [-0.4, -0.2) is 28.8 Å². The van der Waals surface area contributed by atoms with Gasteiger partial charge in [-0.2, -0.15) is 0 Å². The van der Waals surface area contributed by atoms with Crippen LogP contribution in [0.3, 0.4) is 0 Å². The first kappa shape index (κ1) is 18.1. The van der Waals surface area contributed by atoms with Gasteiger partial charge in [-0.3, -0.25) is 14.9 Å². The average Bonchev–Trinajstić information content (AvgIpc) is 3.24. The normalized spacial score (nSPS) is 15.6. The van der Waals surface area contributed by atoms with E-state index in [4.69, 9.17) is 9.15 Å². The number of ether oxygens (including phenoxy) is 1. The Morgan fingerprint density at radius 3 is 2.67 bits per heavy atom. The van der Waals surface area contributed by atoms with Crippen LogP contribution < -0.4 is 0 Å². The molecule has 138 valence electrons. The second-order valence-electron chi connectivity index (χ2n) is 5.80. The van der Waals surface area contributed by atoms with Crippen LogP contribution in [0.2, 0.25) is 0 Å². The second kappa shape index (κ2) is 7.28. The van der Waals surface area contributed by atoms with Gasteiger partial charge in [0.25, 0.3) is 11.6 Å². The molecule has 0 radical (unpaired) electrons. The summed E-state index contributed by atoms with van der Waals surface area (Å²) in [7, 11) is 1.21. The zero-order chi connectivity index (χ0) is 19.6. The highest BCUT2D eigenvalue weighted by Crippen LogP contribution is 2.34. The van der Waals surface area contributed by atoms with E-state index in [0.717, 1.165) is 0 Å². The third kappa shape index (κ3) is 3.37. The monoisotopic (exact) mass is 368 g/mol. The van der Waals surface area contributed by atoms with Crippen molar-refractivity contribution in [1.82, 2.24) is 4.90 Å². The van der Waals surface area contributed by atoms with Crippen molar-refractivity contribution < 1.29 is 23.7 Å². The maximum Gasteiger partial charge on any atom is 0.340 e. The molecule has 0 unspecified atom stereocenters. The zero-order valence-corrected chi connectivity index (χ0v) is 14.7. The molecule has 8 heteroatoms. The van der Waals surface area contributed by atoms with Gasteiger partial charge in [-0.25, -0.2) is 4.79 Å². The van der Waals surface area contributed by atoms with E-state index in [1.165, 1.54) is 42.5 Å². The molecule has 1 aromatic heterocycles. The Labute approximate surface area is 154 Å². The van der Waals surface area contributed by atoms with Gasteiger partial charge in [0.1, 0.15) is 5.76 Å². The Kier molecular flexibility index (Phi) is 4.89. The summed E-state index contributed by atoms with van der Waals surface area (Å²) < 4.78 is 10.1. The molecule has 0 N–H and O–H groups in total. The van der Waals surface area contributed by atoms with Crippen LogP contribution in [0, 0.1) is 10.1 Å². The molecule has 0 spiro atoms. The number of carbonyl (C=O) groups excluding carboxylic acids is 2. The van der Waals surface area contributed by atoms with Gasteiger partial charge >= 0.3 is 5.97 Å². The molecule has 1 aromatic carbocycles. The van der Waals surface area contributed by atoms with Crippen LogP contribution in [0.5, 0.6) is 0 Å². The fourth-order valence-electron chi connectivity index (χ4n) is 2.91. The molecule has 27 heavy (non-hydrogen) atoms. The summed E-state index contributed by atoms with van der Waals surface area (Å²) >= 11 is 0. The van der Waals surface area contributed by atoms with Crippen LogP contribution in [0.25, 0.3) is 6.08 Å². The minimum atomic E-state index is -0.687. The Hall–Kier alpha value is -3.68. The molecule has 2 aromatic rings. The van der Waals surface area contributed by atoms with Crippen molar-refractivity contribution in [2.75, 3.05) is 7.11 Å². The Morgan fingerprint density at radius 1 is 1.30 bits per heavy atom. The molecule has 1 amide bonds. The number of nitrogens with zero attached hydrogens (tertiary/aromatic N) is 2. The molecule has 1 aliphatic heterocycles. The highest BCUT2D eigenvalue weighted by atomic mass is 16.6. The van der Waals surface area contributed by atoms with E-state index in [2.05, 4.69) is 0 Å². The average molecular weight is 368 g/mol. The summed E-state index contributed by atoms with van der Waals surface area (Å²) in [4.78, 5) is 37.3. The number of rotatable bonds is 5. The van der Waals surface area contributed by atoms with Crippen molar-refractivity contribution in [1.29, 1.82) is 0 Å². The lowest BCUT2D eigenvalue weighted by molar-refractivity contribution is -0.385. The summed E-state index contributed by atoms with van der Waals surface area (Å²) in [6.45, 7) is 1.75. The van der Waals surface area contributed by atoms with Crippen molar-refractivity contribution in [2.24, 2.45) is 0 Å². The minimum Gasteiger partial charge on any atom is -0.467 e. The third-order valence-corrected chi connectivity index (χ3v) is 4.23. The predicted molar refractivity (Wildman–Crippen MR) is 95.0 cm³/mol. The lowest BCUT2D eigenvalue weighted by Gasteiger charge is -2.16. The fraction of sp³-hybridized carbons (Fsp3) is 0.158. The van der Waals surface area contributed by atoms with E-state index in [9.17, 15) is 19.7 Å². The topological polar surface area (TPSA) is 103 Å². The van der Waals surface area contributed by atoms with Crippen molar-refractivity contribution in [3.63, 3.8) is 0 Å². The van der Waals surface area contributed by atoms with Crippen molar-refractivity contribution in [3.8, 4) is 0 Å². The standard InChI is InChI=1S/C19H16N2O6/c1-12-17(19(23)26-2)15(10-13-6-3-4-8-16(13)21(24)25)18(22)20(12)11-14-7-5-9-27-14/h3-10H,11H2,1-2H3/b15-10-. The number of amides is 1. The molecule has 0 fully saturated rings. The van der Waals surface area contributed by atoms with Gasteiger partial charge in [-0.15, -0.1) is 0 Å². The maximum absolute atomic E-state index is 13.0. The molecule has 1 aliphatic rings. The van der Waals surface area contributed by atoms with Gasteiger partial charge in [0.15, 0.2) is 0 Å². The van der Waals surface area contributed by atoms with Gasteiger partial charge in [-0.05, 0) is 31.2 Å². The van der Waals surface area contributed by atoms with E-state index in [0.29, 0.717) is 11.5 Å². The maximum atomic E-state index is 13.0. The van der Waals surface area contributed by atoms with Crippen LogP contribution in [0.1, 0.15) is 18.2 Å². The summed E-state index contributed by atoms with van der Waals surface area (Å²) in [5, 5.41) is 11.3. The SMILES string of the molecule is COC(=O)C1=C(C)N(Cc2ccco2)C(=O)/C1=C\c1ccccc1[N+](=O)[O-]. The number of esters is 1. The highest BCUT2D eigenvalue weighted by molar-refractivity contribution is 6.16. The summed E-state index contributed by atoms with van der Waals surface area (Å²) in [6, 6.07) is 9.40. The summed E-state index contributed by atoms with van der Waals surface area (Å²) in [6.07, 6.45) is 2.83. The molecule has 0 saturated heterocycles. The molecule has 0 saturated carbocycles. The Bertz CT molecular complexity index is 972. The van der Waals surface area contributed by atoms with Crippen LogP contribution >= 0.6 is 0 Å². The molecule has 0 aliphatic carbocycles. The smallest absolute Gasteiger partial charge is 0.340 e. The number of carbonyl (C=O) groups is 2. The highest BCUT2D eigenvalue weighted by Gasteiger charge is 2.37.